The largest absolute Gasteiger partial charge is 0.462 e. The normalized spacial score (nSPS) is 10.9. The van der Waals surface area contributed by atoms with E-state index in [1.54, 1.807) is 0 Å². The molecule has 2 N–H and O–H groups in total. The number of anilines is 1. The molecule has 0 aliphatic rings. The maximum Gasteiger partial charge on any atom is 0.350 e. The summed E-state index contributed by atoms with van der Waals surface area (Å²) in [5.74, 6) is -0.0805. The molecule has 1 heterocycles. The van der Waals surface area contributed by atoms with Crippen LogP contribution in [0.25, 0.3) is 0 Å². The van der Waals surface area contributed by atoms with Gasteiger partial charge in [-0.3, -0.25) is 0 Å². The van der Waals surface area contributed by atoms with Crippen molar-refractivity contribution in [1.29, 1.82) is 0 Å². The number of nitrogen functional groups attached to an aromatic ring is 1. The first-order valence-electron chi connectivity index (χ1n) is 7.02. The van der Waals surface area contributed by atoms with Gasteiger partial charge >= 0.3 is 5.97 Å². The average molecular weight is 304 g/mol. The first kappa shape index (κ1) is 15.5. The van der Waals surface area contributed by atoms with Crippen LogP contribution in [0.3, 0.4) is 0 Å². The number of nitrogens with two attached hydrogens (primary N) is 1. The topological polar surface area (TPSA) is 65.2 Å². The summed E-state index contributed by atoms with van der Waals surface area (Å²) in [6.07, 6.45) is 0.698. The molecule has 1 aromatic heterocycles. The second-order valence-corrected chi connectivity index (χ2v) is 6.20. The number of benzene rings is 1. The Bertz CT molecular complexity index is 618. The van der Waals surface area contributed by atoms with E-state index in [1.165, 1.54) is 11.3 Å². The second-order valence-electron chi connectivity index (χ2n) is 5.12. The zero-order chi connectivity index (χ0) is 15.4. The van der Waals surface area contributed by atoms with E-state index in [1.807, 2.05) is 45.0 Å². The third kappa shape index (κ3) is 3.82. The lowest BCUT2D eigenvalue weighted by atomic mass is 10.1. The number of aromatic nitrogens is 1. The molecule has 0 atom stereocenters. The molecule has 4 nitrogen and oxygen atoms in total. The molecule has 112 valence electrons. The summed E-state index contributed by atoms with van der Waals surface area (Å²) in [6, 6.07) is 7.71. The van der Waals surface area contributed by atoms with Gasteiger partial charge in [0.15, 0.2) is 0 Å². The molecular formula is C16H20N2O2S. The maximum absolute atomic E-state index is 12.0. The van der Waals surface area contributed by atoms with Crippen molar-refractivity contribution in [1.82, 2.24) is 4.98 Å². The van der Waals surface area contributed by atoms with Crippen LogP contribution in [0, 0.1) is 0 Å². The summed E-state index contributed by atoms with van der Waals surface area (Å²) < 4.78 is 5.11. The van der Waals surface area contributed by atoms with E-state index in [9.17, 15) is 4.79 Å². The van der Waals surface area contributed by atoms with Gasteiger partial charge in [0.1, 0.15) is 4.88 Å². The van der Waals surface area contributed by atoms with E-state index in [0.717, 1.165) is 22.0 Å². The van der Waals surface area contributed by atoms with Crippen molar-refractivity contribution in [3.05, 3.63) is 45.4 Å². The van der Waals surface area contributed by atoms with Crippen LogP contribution in [-0.4, -0.2) is 17.6 Å². The van der Waals surface area contributed by atoms with E-state index in [-0.39, 0.29) is 11.9 Å². The van der Waals surface area contributed by atoms with Crippen LogP contribution in [-0.2, 0) is 11.2 Å². The highest BCUT2D eigenvalue weighted by Crippen LogP contribution is 2.27. The number of carbonyl (C=O) groups is 1. The van der Waals surface area contributed by atoms with Gasteiger partial charge in [-0.05, 0) is 30.5 Å². The molecule has 0 bridgehead atoms. The van der Waals surface area contributed by atoms with Gasteiger partial charge in [0, 0.05) is 12.1 Å². The van der Waals surface area contributed by atoms with Crippen molar-refractivity contribution in [2.45, 2.75) is 33.1 Å². The van der Waals surface area contributed by atoms with Gasteiger partial charge in [-0.25, -0.2) is 9.78 Å². The number of nitrogens with zero attached hydrogens (tertiary/aromatic N) is 1. The quantitative estimate of drug-likeness (QED) is 0.677. The molecule has 0 spiro atoms. The zero-order valence-corrected chi connectivity index (χ0v) is 13.4. The lowest BCUT2D eigenvalue weighted by Gasteiger charge is -2.04. The Hall–Kier alpha value is -1.88. The molecule has 5 heteroatoms. The van der Waals surface area contributed by atoms with Gasteiger partial charge in [-0.1, -0.05) is 26.0 Å². The van der Waals surface area contributed by atoms with E-state index >= 15 is 0 Å². The van der Waals surface area contributed by atoms with Gasteiger partial charge < -0.3 is 10.5 Å². The Kier molecular flexibility index (Phi) is 4.96. The summed E-state index contributed by atoms with van der Waals surface area (Å²) in [7, 11) is 0. The molecule has 21 heavy (non-hydrogen) atoms. The van der Waals surface area contributed by atoms with Crippen molar-refractivity contribution in [3.63, 3.8) is 0 Å². The summed E-state index contributed by atoms with van der Waals surface area (Å²) >= 11 is 1.42. The van der Waals surface area contributed by atoms with Crippen LogP contribution >= 0.6 is 11.3 Å². The third-order valence-corrected chi connectivity index (χ3v) is 4.09. The molecule has 0 aliphatic carbocycles. The van der Waals surface area contributed by atoms with Gasteiger partial charge in [0.25, 0.3) is 0 Å². The molecule has 0 amide bonds. The minimum absolute atomic E-state index is 0.195. The Morgan fingerprint density at radius 3 is 2.57 bits per heavy atom. The zero-order valence-electron chi connectivity index (χ0n) is 12.6. The number of rotatable bonds is 5. The van der Waals surface area contributed by atoms with Crippen LogP contribution in [0.1, 0.15) is 52.6 Å². The minimum atomic E-state index is -0.276. The summed E-state index contributed by atoms with van der Waals surface area (Å²) in [6.45, 7) is 6.25. The van der Waals surface area contributed by atoms with Crippen LogP contribution in [0.5, 0.6) is 0 Å². The van der Waals surface area contributed by atoms with Gasteiger partial charge in [0.05, 0.1) is 17.3 Å². The SMILES string of the molecule is CCOC(=O)c1sc(Cc2ccc(N)cc2)nc1C(C)C. The van der Waals surface area contributed by atoms with Gasteiger partial charge in [0.2, 0.25) is 0 Å². The van der Waals surface area contributed by atoms with Crippen molar-refractivity contribution >= 4 is 23.0 Å². The summed E-state index contributed by atoms with van der Waals surface area (Å²) in [4.78, 5) is 17.3. The molecule has 2 rings (SSSR count). The first-order valence-corrected chi connectivity index (χ1v) is 7.84. The number of esters is 1. The fourth-order valence-electron chi connectivity index (χ4n) is 2.00. The number of thiazole rings is 1. The van der Waals surface area contributed by atoms with Crippen molar-refractivity contribution in [2.75, 3.05) is 12.3 Å². The van der Waals surface area contributed by atoms with E-state index in [0.29, 0.717) is 17.9 Å². The molecular weight excluding hydrogens is 284 g/mol. The van der Waals surface area contributed by atoms with Crippen molar-refractivity contribution in [3.8, 4) is 0 Å². The van der Waals surface area contributed by atoms with Gasteiger partial charge in [-0.2, -0.15) is 0 Å². The second kappa shape index (κ2) is 6.72. The van der Waals surface area contributed by atoms with Gasteiger partial charge in [-0.15, -0.1) is 11.3 Å². The summed E-state index contributed by atoms with van der Waals surface area (Å²) in [5.41, 5.74) is 8.38. The molecule has 2 aromatic rings. The molecule has 0 saturated carbocycles. The Morgan fingerprint density at radius 1 is 1.33 bits per heavy atom. The molecule has 0 saturated heterocycles. The smallest absolute Gasteiger partial charge is 0.350 e. The summed E-state index contributed by atoms with van der Waals surface area (Å²) in [5, 5.41) is 0.923. The Morgan fingerprint density at radius 2 is 2.00 bits per heavy atom. The first-order chi connectivity index (χ1) is 10.0. The Labute approximate surface area is 129 Å². The van der Waals surface area contributed by atoms with E-state index < -0.39 is 0 Å². The van der Waals surface area contributed by atoms with Crippen molar-refractivity contribution in [2.24, 2.45) is 0 Å². The fraction of sp³-hybridized carbons (Fsp3) is 0.375. The number of hydrogen-bond donors (Lipinski definition) is 1. The average Bonchev–Trinajstić information content (AvgIpc) is 2.86. The molecule has 1 aromatic carbocycles. The predicted molar refractivity (Wildman–Crippen MR) is 85.8 cm³/mol. The van der Waals surface area contributed by atoms with Crippen LogP contribution < -0.4 is 5.73 Å². The number of ether oxygens (including phenoxy) is 1. The third-order valence-electron chi connectivity index (χ3n) is 3.04. The van der Waals surface area contributed by atoms with E-state index in [4.69, 9.17) is 10.5 Å². The highest BCUT2D eigenvalue weighted by Gasteiger charge is 2.21. The monoisotopic (exact) mass is 304 g/mol. The molecule has 0 unspecified atom stereocenters. The van der Waals surface area contributed by atoms with Crippen molar-refractivity contribution < 1.29 is 9.53 Å². The lowest BCUT2D eigenvalue weighted by molar-refractivity contribution is 0.0530. The fourth-order valence-corrected chi connectivity index (χ4v) is 3.14. The molecule has 0 aliphatic heterocycles. The Balaban J connectivity index is 2.26. The highest BCUT2D eigenvalue weighted by atomic mass is 32.1. The maximum atomic E-state index is 12.0. The van der Waals surface area contributed by atoms with E-state index in [2.05, 4.69) is 4.98 Å². The highest BCUT2D eigenvalue weighted by molar-refractivity contribution is 7.13. The molecule has 0 fully saturated rings. The number of carbonyl (C=O) groups excluding carboxylic acids is 1. The van der Waals surface area contributed by atoms with Crippen LogP contribution in [0.2, 0.25) is 0 Å². The minimum Gasteiger partial charge on any atom is -0.462 e. The standard InChI is InChI=1S/C16H20N2O2S/c1-4-20-16(19)15-14(10(2)3)18-13(21-15)9-11-5-7-12(17)8-6-11/h5-8,10H,4,9,17H2,1-3H3. The predicted octanol–water partition coefficient (Wildman–Crippen LogP) is 3.62. The van der Waals surface area contributed by atoms with Crippen LogP contribution in [0.4, 0.5) is 5.69 Å². The van der Waals surface area contributed by atoms with Crippen LogP contribution in [0.15, 0.2) is 24.3 Å². The molecule has 0 radical (unpaired) electrons. The number of hydrogen-bond acceptors (Lipinski definition) is 5. The lowest BCUT2D eigenvalue weighted by Crippen LogP contribution is -2.06.